The molecule has 138 valence electrons. The molecule has 1 aromatic heterocycles. The van der Waals surface area contributed by atoms with Gasteiger partial charge in [-0.15, -0.1) is 0 Å². The van der Waals surface area contributed by atoms with Crippen LogP contribution in [0.1, 0.15) is 39.0 Å². The molecular weight excluding hydrogens is 340 g/mol. The van der Waals surface area contributed by atoms with Crippen molar-refractivity contribution in [2.75, 3.05) is 11.9 Å². The van der Waals surface area contributed by atoms with E-state index in [1.807, 2.05) is 51.1 Å². The van der Waals surface area contributed by atoms with Crippen molar-refractivity contribution in [3.63, 3.8) is 0 Å². The minimum absolute atomic E-state index is 0.169. The van der Waals surface area contributed by atoms with Gasteiger partial charge in [0.2, 0.25) is 0 Å². The molecule has 0 fully saturated rings. The van der Waals surface area contributed by atoms with Crippen LogP contribution in [-0.2, 0) is 0 Å². The maximum absolute atomic E-state index is 12.8. The summed E-state index contributed by atoms with van der Waals surface area (Å²) < 4.78 is 1.76. The number of anilines is 1. The van der Waals surface area contributed by atoms with Crippen LogP contribution in [0.5, 0.6) is 0 Å². The average Bonchev–Trinajstić information content (AvgIpc) is 2.97. The zero-order chi connectivity index (χ0) is 19.4. The van der Waals surface area contributed by atoms with E-state index >= 15 is 0 Å². The van der Waals surface area contributed by atoms with E-state index in [2.05, 4.69) is 15.7 Å². The number of carbonyl (C=O) groups excluding carboxylic acids is 2. The lowest BCUT2D eigenvalue weighted by Crippen LogP contribution is -2.23. The summed E-state index contributed by atoms with van der Waals surface area (Å²) in [6.45, 7) is 6.09. The Balaban J connectivity index is 1.86. The summed E-state index contributed by atoms with van der Waals surface area (Å²) in [4.78, 5) is 24.8. The fraction of sp³-hybridized carbons (Fsp3) is 0.190. The van der Waals surface area contributed by atoms with Crippen molar-refractivity contribution in [1.82, 2.24) is 15.1 Å². The number of hydrogen-bond donors (Lipinski definition) is 2. The normalized spacial score (nSPS) is 10.5. The number of nitrogens with zero attached hydrogens (tertiary/aromatic N) is 2. The van der Waals surface area contributed by atoms with Crippen molar-refractivity contribution in [1.29, 1.82) is 0 Å². The van der Waals surface area contributed by atoms with Gasteiger partial charge in [-0.3, -0.25) is 9.59 Å². The Labute approximate surface area is 158 Å². The van der Waals surface area contributed by atoms with E-state index in [1.165, 1.54) is 0 Å². The summed E-state index contributed by atoms with van der Waals surface area (Å²) in [5.41, 5.74) is 3.90. The first-order valence-corrected chi connectivity index (χ1v) is 8.82. The maximum Gasteiger partial charge on any atom is 0.259 e. The topological polar surface area (TPSA) is 76.0 Å². The number of rotatable bonds is 5. The molecule has 2 N–H and O–H groups in total. The van der Waals surface area contributed by atoms with E-state index < -0.39 is 0 Å². The van der Waals surface area contributed by atoms with Gasteiger partial charge in [0.15, 0.2) is 0 Å². The van der Waals surface area contributed by atoms with Crippen LogP contribution in [0.2, 0.25) is 0 Å². The highest BCUT2D eigenvalue weighted by Crippen LogP contribution is 2.20. The summed E-state index contributed by atoms with van der Waals surface area (Å²) in [6, 6.07) is 16.6. The van der Waals surface area contributed by atoms with Crippen molar-refractivity contribution in [3.8, 4) is 5.69 Å². The molecule has 0 radical (unpaired) electrons. The van der Waals surface area contributed by atoms with Crippen molar-refractivity contribution >= 4 is 17.5 Å². The number of carbonyl (C=O) groups is 2. The quantitative estimate of drug-likeness (QED) is 0.729. The summed E-state index contributed by atoms with van der Waals surface area (Å²) in [7, 11) is 0. The molecule has 0 unspecified atom stereocenters. The van der Waals surface area contributed by atoms with Gasteiger partial charge < -0.3 is 10.6 Å². The molecule has 6 heteroatoms. The molecule has 0 aliphatic carbocycles. The summed E-state index contributed by atoms with van der Waals surface area (Å²) >= 11 is 0. The van der Waals surface area contributed by atoms with E-state index in [1.54, 1.807) is 28.9 Å². The average molecular weight is 362 g/mol. The number of amides is 2. The van der Waals surface area contributed by atoms with Crippen LogP contribution in [0.15, 0.2) is 54.6 Å². The first-order chi connectivity index (χ1) is 13.0. The molecule has 2 amide bonds. The van der Waals surface area contributed by atoms with Gasteiger partial charge in [-0.05, 0) is 51.1 Å². The standard InChI is InChI=1S/C21H22N4O2/c1-4-22-20(26)16-9-8-10-17(13-16)23-21(27)19-14(2)24-25(15(19)3)18-11-6-5-7-12-18/h5-13H,4H2,1-3H3,(H,22,26)(H,23,27). The predicted octanol–water partition coefficient (Wildman–Crippen LogP) is 3.49. The van der Waals surface area contributed by atoms with Crippen LogP contribution in [-0.4, -0.2) is 28.1 Å². The summed E-state index contributed by atoms with van der Waals surface area (Å²) in [6.07, 6.45) is 0. The smallest absolute Gasteiger partial charge is 0.259 e. The first-order valence-electron chi connectivity index (χ1n) is 8.82. The molecule has 0 spiro atoms. The van der Waals surface area contributed by atoms with Crippen LogP contribution in [0, 0.1) is 13.8 Å². The van der Waals surface area contributed by atoms with E-state index in [-0.39, 0.29) is 11.8 Å². The van der Waals surface area contributed by atoms with Gasteiger partial charge in [0.1, 0.15) is 0 Å². The number of hydrogen-bond acceptors (Lipinski definition) is 3. The van der Waals surface area contributed by atoms with Crippen molar-refractivity contribution in [2.45, 2.75) is 20.8 Å². The van der Waals surface area contributed by atoms with Crippen molar-refractivity contribution in [2.24, 2.45) is 0 Å². The molecule has 0 atom stereocenters. The van der Waals surface area contributed by atoms with Gasteiger partial charge in [-0.1, -0.05) is 24.3 Å². The zero-order valence-corrected chi connectivity index (χ0v) is 15.6. The third-order valence-electron chi connectivity index (χ3n) is 4.24. The van der Waals surface area contributed by atoms with Gasteiger partial charge in [-0.25, -0.2) is 4.68 Å². The predicted molar refractivity (Wildman–Crippen MR) is 105 cm³/mol. The van der Waals surface area contributed by atoms with E-state index in [0.29, 0.717) is 29.1 Å². The van der Waals surface area contributed by atoms with Gasteiger partial charge in [0, 0.05) is 17.8 Å². The van der Waals surface area contributed by atoms with Crippen LogP contribution < -0.4 is 10.6 Å². The molecule has 27 heavy (non-hydrogen) atoms. The minimum Gasteiger partial charge on any atom is -0.352 e. The lowest BCUT2D eigenvalue weighted by atomic mass is 10.1. The molecule has 0 saturated heterocycles. The number of aryl methyl sites for hydroxylation is 1. The number of para-hydroxylation sites is 1. The fourth-order valence-electron chi connectivity index (χ4n) is 2.99. The SMILES string of the molecule is CCNC(=O)c1cccc(NC(=O)c2c(C)nn(-c3ccccc3)c2C)c1. The second-order valence-electron chi connectivity index (χ2n) is 6.19. The van der Waals surface area contributed by atoms with E-state index in [4.69, 9.17) is 0 Å². The van der Waals surface area contributed by atoms with Gasteiger partial charge in [-0.2, -0.15) is 5.10 Å². The number of aromatic nitrogens is 2. The monoisotopic (exact) mass is 362 g/mol. The van der Waals surface area contributed by atoms with Gasteiger partial charge >= 0.3 is 0 Å². The second kappa shape index (κ2) is 7.86. The Hall–Kier alpha value is -3.41. The highest BCUT2D eigenvalue weighted by atomic mass is 16.2. The lowest BCUT2D eigenvalue weighted by molar-refractivity contribution is 0.0954. The molecule has 1 heterocycles. The largest absolute Gasteiger partial charge is 0.352 e. The molecule has 2 aromatic carbocycles. The third-order valence-corrected chi connectivity index (χ3v) is 4.24. The van der Waals surface area contributed by atoms with Crippen molar-refractivity contribution < 1.29 is 9.59 Å². The maximum atomic E-state index is 12.8. The molecule has 0 saturated carbocycles. The van der Waals surface area contributed by atoms with Gasteiger partial charge in [0.25, 0.3) is 11.8 Å². The Bertz CT molecular complexity index is 977. The van der Waals surface area contributed by atoms with Gasteiger partial charge in [0.05, 0.1) is 22.6 Å². The second-order valence-corrected chi connectivity index (χ2v) is 6.19. The first kappa shape index (κ1) is 18.4. The highest BCUT2D eigenvalue weighted by Gasteiger charge is 2.19. The Morgan fingerprint density at radius 2 is 1.74 bits per heavy atom. The van der Waals surface area contributed by atoms with Crippen LogP contribution in [0.4, 0.5) is 5.69 Å². The molecule has 0 aliphatic rings. The minimum atomic E-state index is -0.250. The molecule has 3 rings (SSSR count). The molecule has 6 nitrogen and oxygen atoms in total. The van der Waals surface area contributed by atoms with E-state index in [9.17, 15) is 9.59 Å². The van der Waals surface area contributed by atoms with Crippen LogP contribution in [0.25, 0.3) is 5.69 Å². The van der Waals surface area contributed by atoms with Crippen LogP contribution >= 0.6 is 0 Å². The summed E-state index contributed by atoms with van der Waals surface area (Å²) in [5, 5.41) is 10.1. The molecular formula is C21H22N4O2. The molecule has 0 aliphatic heterocycles. The third kappa shape index (κ3) is 3.89. The Morgan fingerprint density at radius 3 is 2.44 bits per heavy atom. The van der Waals surface area contributed by atoms with Crippen molar-refractivity contribution in [3.05, 3.63) is 77.1 Å². The number of nitrogens with one attached hydrogen (secondary N) is 2. The number of benzene rings is 2. The van der Waals surface area contributed by atoms with E-state index in [0.717, 1.165) is 11.4 Å². The van der Waals surface area contributed by atoms with Crippen LogP contribution in [0.3, 0.4) is 0 Å². The molecule has 3 aromatic rings. The Morgan fingerprint density at radius 1 is 1.00 bits per heavy atom. The zero-order valence-electron chi connectivity index (χ0n) is 15.6. The highest BCUT2D eigenvalue weighted by molar-refractivity contribution is 6.06. The fourth-order valence-corrected chi connectivity index (χ4v) is 2.99. The Kier molecular flexibility index (Phi) is 5.35. The lowest BCUT2D eigenvalue weighted by Gasteiger charge is -2.08. The molecule has 0 bridgehead atoms. The summed E-state index contributed by atoms with van der Waals surface area (Å²) in [5.74, 6) is -0.418.